The number of aromatic amines is 1. The van der Waals surface area contributed by atoms with Crippen LogP contribution in [0.5, 0.6) is 0 Å². The smallest absolute Gasteiger partial charge is 0.245 e. The summed E-state index contributed by atoms with van der Waals surface area (Å²) in [6.07, 6.45) is 5.54. The van der Waals surface area contributed by atoms with Gasteiger partial charge in [-0.2, -0.15) is 5.10 Å². The Balaban J connectivity index is 1.68. The maximum atomic E-state index is 12.3. The third-order valence-electron chi connectivity index (χ3n) is 3.16. The van der Waals surface area contributed by atoms with Gasteiger partial charge < -0.3 is 9.73 Å². The second-order valence-electron chi connectivity index (χ2n) is 4.94. The van der Waals surface area contributed by atoms with E-state index in [2.05, 4.69) is 36.2 Å². The highest BCUT2D eigenvalue weighted by molar-refractivity contribution is 9.10. The van der Waals surface area contributed by atoms with Crippen molar-refractivity contribution < 1.29 is 12.8 Å². The summed E-state index contributed by atoms with van der Waals surface area (Å²) in [6, 6.07) is 2.07. The van der Waals surface area contributed by atoms with Gasteiger partial charge in [0.2, 0.25) is 10.0 Å². The summed E-state index contributed by atoms with van der Waals surface area (Å²) in [5.41, 5.74) is 0.758. The van der Waals surface area contributed by atoms with Gasteiger partial charge in [0.1, 0.15) is 10.7 Å². The zero-order chi connectivity index (χ0) is 14.9. The van der Waals surface area contributed by atoms with Crippen LogP contribution in [-0.2, 0) is 23.1 Å². The van der Waals surface area contributed by atoms with Crippen molar-refractivity contribution in [2.45, 2.75) is 36.9 Å². The van der Waals surface area contributed by atoms with Gasteiger partial charge in [-0.3, -0.25) is 5.10 Å². The summed E-state index contributed by atoms with van der Waals surface area (Å²) in [5, 5.41) is 9.68. The molecule has 7 nitrogen and oxygen atoms in total. The maximum absolute atomic E-state index is 12.3. The molecule has 0 aliphatic heterocycles. The molecular formula is C12H15BrN4O3S. The molecule has 2 heterocycles. The van der Waals surface area contributed by atoms with Crippen LogP contribution in [0.15, 0.2) is 32.4 Å². The van der Waals surface area contributed by atoms with E-state index in [0.717, 1.165) is 5.56 Å². The maximum Gasteiger partial charge on any atom is 0.245 e. The van der Waals surface area contributed by atoms with Gasteiger partial charge in [-0.15, -0.1) is 0 Å². The number of H-pyrrole nitrogens is 1. The van der Waals surface area contributed by atoms with Crippen LogP contribution in [0, 0.1) is 0 Å². The van der Waals surface area contributed by atoms with Crippen molar-refractivity contribution in [2.75, 3.05) is 0 Å². The van der Waals surface area contributed by atoms with Crippen molar-refractivity contribution in [3.63, 3.8) is 0 Å². The lowest BCUT2D eigenvalue weighted by molar-refractivity contribution is 0.460. The summed E-state index contributed by atoms with van der Waals surface area (Å²) in [7, 11) is -3.63. The van der Waals surface area contributed by atoms with E-state index in [-0.39, 0.29) is 16.1 Å². The highest BCUT2D eigenvalue weighted by Gasteiger charge is 2.24. The minimum atomic E-state index is -3.63. The quantitative estimate of drug-likeness (QED) is 0.681. The van der Waals surface area contributed by atoms with E-state index in [1.54, 1.807) is 12.4 Å². The summed E-state index contributed by atoms with van der Waals surface area (Å²) >= 11 is 3.16. The molecule has 0 radical (unpaired) electrons. The average Bonchev–Trinajstić information content (AvgIpc) is 2.97. The van der Waals surface area contributed by atoms with Gasteiger partial charge in [0.25, 0.3) is 0 Å². The Kier molecular flexibility index (Phi) is 4.16. The third-order valence-corrected chi connectivity index (χ3v) is 5.42. The van der Waals surface area contributed by atoms with Crippen LogP contribution in [0.3, 0.4) is 0 Å². The molecular weight excluding hydrogens is 360 g/mol. The Morgan fingerprint density at radius 2 is 2.24 bits per heavy atom. The van der Waals surface area contributed by atoms with Crippen LogP contribution in [0.4, 0.5) is 0 Å². The molecule has 0 unspecified atom stereocenters. The Morgan fingerprint density at radius 3 is 2.90 bits per heavy atom. The lowest BCUT2D eigenvalue weighted by Crippen LogP contribution is -2.23. The molecule has 1 fully saturated rings. The van der Waals surface area contributed by atoms with Crippen molar-refractivity contribution in [1.82, 2.24) is 20.2 Å². The summed E-state index contributed by atoms with van der Waals surface area (Å²) in [5.74, 6) is 0.595. The minimum Gasteiger partial charge on any atom is -0.452 e. The van der Waals surface area contributed by atoms with Crippen molar-refractivity contribution in [1.29, 1.82) is 0 Å². The lowest BCUT2D eigenvalue weighted by Gasteiger charge is -2.02. The Morgan fingerprint density at radius 1 is 1.43 bits per heavy atom. The third kappa shape index (κ3) is 3.73. The molecule has 3 N–H and O–H groups in total. The van der Waals surface area contributed by atoms with Crippen molar-refractivity contribution in [2.24, 2.45) is 0 Å². The number of rotatable bonds is 7. The van der Waals surface area contributed by atoms with Gasteiger partial charge in [0.05, 0.1) is 12.7 Å². The highest BCUT2D eigenvalue weighted by Crippen LogP contribution is 2.27. The van der Waals surface area contributed by atoms with Gasteiger partial charge in [0, 0.05) is 30.4 Å². The highest BCUT2D eigenvalue weighted by atomic mass is 79.9. The fourth-order valence-corrected chi connectivity index (χ4v) is 3.84. The van der Waals surface area contributed by atoms with E-state index in [9.17, 15) is 8.42 Å². The standard InChI is InChI=1S/C12H15BrN4O3S/c13-12-11(3-10(20-12)7-14-9-1-2-9)21(18,19)17-6-8-4-15-16-5-8/h3-5,9,14,17H,1-2,6-7H2,(H,15,16). The molecule has 2 aromatic heterocycles. The van der Waals surface area contributed by atoms with E-state index in [4.69, 9.17) is 4.42 Å². The van der Waals surface area contributed by atoms with E-state index >= 15 is 0 Å². The topological polar surface area (TPSA) is 100 Å². The lowest BCUT2D eigenvalue weighted by atomic mass is 10.4. The number of hydrogen-bond acceptors (Lipinski definition) is 5. The molecule has 0 bridgehead atoms. The van der Waals surface area contributed by atoms with Crippen LogP contribution in [0.1, 0.15) is 24.2 Å². The normalized spacial score (nSPS) is 15.5. The van der Waals surface area contributed by atoms with E-state index < -0.39 is 10.0 Å². The minimum absolute atomic E-state index is 0.110. The fourth-order valence-electron chi connectivity index (χ4n) is 1.83. The number of halogens is 1. The predicted octanol–water partition coefficient (Wildman–Crippen LogP) is 1.50. The largest absolute Gasteiger partial charge is 0.452 e. The number of sulfonamides is 1. The van der Waals surface area contributed by atoms with E-state index in [0.29, 0.717) is 18.3 Å². The number of hydrogen-bond donors (Lipinski definition) is 3. The monoisotopic (exact) mass is 374 g/mol. The van der Waals surface area contributed by atoms with E-state index in [1.807, 2.05) is 0 Å². The molecule has 9 heteroatoms. The number of furan rings is 1. The first-order valence-electron chi connectivity index (χ1n) is 6.53. The van der Waals surface area contributed by atoms with Gasteiger partial charge in [-0.1, -0.05) is 0 Å². The SMILES string of the molecule is O=S(=O)(NCc1cn[nH]c1)c1cc(CNC2CC2)oc1Br. The van der Waals surface area contributed by atoms with E-state index in [1.165, 1.54) is 18.9 Å². The number of aromatic nitrogens is 2. The Hall–Kier alpha value is -1.16. The van der Waals surface area contributed by atoms with Gasteiger partial charge >= 0.3 is 0 Å². The van der Waals surface area contributed by atoms with Crippen LogP contribution >= 0.6 is 15.9 Å². The molecule has 0 saturated heterocycles. The number of nitrogens with zero attached hydrogens (tertiary/aromatic N) is 1. The first-order valence-corrected chi connectivity index (χ1v) is 8.81. The first kappa shape index (κ1) is 14.8. The van der Waals surface area contributed by atoms with Crippen molar-refractivity contribution in [3.05, 3.63) is 34.5 Å². The molecule has 1 saturated carbocycles. The molecule has 1 aliphatic rings. The van der Waals surface area contributed by atoms with Crippen molar-refractivity contribution >= 4 is 26.0 Å². The molecule has 1 aliphatic carbocycles. The summed E-state index contributed by atoms with van der Waals surface area (Å²) in [6.45, 7) is 0.701. The van der Waals surface area contributed by atoms with Crippen LogP contribution in [0.2, 0.25) is 0 Å². The molecule has 0 amide bonds. The molecule has 0 atom stereocenters. The van der Waals surface area contributed by atoms with Crippen LogP contribution in [-0.4, -0.2) is 24.7 Å². The summed E-state index contributed by atoms with van der Waals surface area (Å²) < 4.78 is 32.7. The van der Waals surface area contributed by atoms with Crippen LogP contribution < -0.4 is 10.0 Å². The molecule has 0 spiro atoms. The Bertz CT molecular complexity index is 707. The zero-order valence-corrected chi connectivity index (χ0v) is 13.5. The predicted molar refractivity (Wildman–Crippen MR) is 78.9 cm³/mol. The Labute approximate surface area is 130 Å². The second kappa shape index (κ2) is 5.91. The van der Waals surface area contributed by atoms with Crippen molar-refractivity contribution in [3.8, 4) is 0 Å². The molecule has 114 valence electrons. The zero-order valence-electron chi connectivity index (χ0n) is 11.1. The van der Waals surface area contributed by atoms with Gasteiger partial charge in [-0.05, 0) is 28.8 Å². The molecule has 21 heavy (non-hydrogen) atoms. The van der Waals surface area contributed by atoms with Crippen LogP contribution in [0.25, 0.3) is 0 Å². The number of nitrogens with one attached hydrogen (secondary N) is 3. The average molecular weight is 375 g/mol. The van der Waals surface area contributed by atoms with Gasteiger partial charge in [0.15, 0.2) is 4.67 Å². The molecule has 2 aromatic rings. The first-order chi connectivity index (χ1) is 10.0. The van der Waals surface area contributed by atoms with Gasteiger partial charge in [-0.25, -0.2) is 13.1 Å². The molecule has 0 aromatic carbocycles. The second-order valence-corrected chi connectivity index (χ2v) is 7.39. The fraction of sp³-hybridized carbons (Fsp3) is 0.417. The summed E-state index contributed by atoms with van der Waals surface area (Å²) in [4.78, 5) is 0.110. The molecule has 3 rings (SSSR count).